The molecule has 3 amide bonds. The van der Waals surface area contributed by atoms with Crippen molar-refractivity contribution < 1.29 is 33.4 Å². The van der Waals surface area contributed by atoms with Crippen molar-refractivity contribution in [2.75, 3.05) is 26.1 Å². The second-order valence-corrected chi connectivity index (χ2v) is 7.62. The number of thioether (sulfide) groups is 1. The number of carbonyl (C=O) groups excluding carboxylic acids is 3. The minimum absolute atomic E-state index is 0.0809. The molecule has 0 saturated carbocycles. The maximum atomic E-state index is 13.2. The molecule has 0 atom stereocenters. The Morgan fingerprint density at radius 1 is 1.23 bits per heavy atom. The lowest BCUT2D eigenvalue weighted by Crippen LogP contribution is -2.36. The highest BCUT2D eigenvalue weighted by Crippen LogP contribution is 2.39. The predicted molar refractivity (Wildman–Crippen MR) is 114 cm³/mol. The van der Waals surface area contributed by atoms with Gasteiger partial charge >= 0.3 is 0 Å². The summed E-state index contributed by atoms with van der Waals surface area (Å²) in [6.45, 7) is -0.529. The minimum Gasteiger partial charge on any atom is -0.502 e. The summed E-state index contributed by atoms with van der Waals surface area (Å²) in [6, 6.07) is 6.54. The van der Waals surface area contributed by atoms with Crippen LogP contribution in [0.25, 0.3) is 6.08 Å². The van der Waals surface area contributed by atoms with Crippen LogP contribution in [0.4, 0.5) is 14.9 Å². The molecule has 162 valence electrons. The van der Waals surface area contributed by atoms with Gasteiger partial charge < -0.3 is 19.9 Å². The summed E-state index contributed by atoms with van der Waals surface area (Å²) in [5.74, 6) is -1.90. The zero-order chi connectivity index (χ0) is 22.7. The van der Waals surface area contributed by atoms with Crippen molar-refractivity contribution in [3.63, 3.8) is 0 Å². The van der Waals surface area contributed by atoms with Crippen LogP contribution in [0.2, 0.25) is 5.02 Å². The number of rotatable bonds is 6. The maximum Gasteiger partial charge on any atom is 0.294 e. The fraction of sp³-hybridized carbons (Fsp3) is 0.150. The molecular weight excluding hydrogens is 451 g/mol. The van der Waals surface area contributed by atoms with Crippen molar-refractivity contribution in [1.82, 2.24) is 4.90 Å². The van der Waals surface area contributed by atoms with Gasteiger partial charge in [0.05, 0.1) is 24.1 Å². The fourth-order valence-electron chi connectivity index (χ4n) is 2.70. The van der Waals surface area contributed by atoms with Gasteiger partial charge in [-0.15, -0.1) is 0 Å². The Balaban J connectivity index is 1.76. The van der Waals surface area contributed by atoms with Gasteiger partial charge in [-0.3, -0.25) is 19.3 Å². The summed E-state index contributed by atoms with van der Waals surface area (Å²) in [4.78, 5) is 38.0. The Morgan fingerprint density at radius 3 is 2.45 bits per heavy atom. The number of halogens is 2. The van der Waals surface area contributed by atoms with Crippen LogP contribution in [0.15, 0.2) is 35.2 Å². The molecule has 31 heavy (non-hydrogen) atoms. The normalized spacial score (nSPS) is 14.8. The summed E-state index contributed by atoms with van der Waals surface area (Å²) in [5.41, 5.74) is 0.671. The molecule has 2 N–H and O–H groups in total. The van der Waals surface area contributed by atoms with Gasteiger partial charge in [-0.2, -0.15) is 0 Å². The zero-order valence-corrected chi connectivity index (χ0v) is 17.8. The van der Waals surface area contributed by atoms with Crippen LogP contribution >= 0.6 is 23.4 Å². The molecule has 0 radical (unpaired) electrons. The van der Waals surface area contributed by atoms with E-state index in [2.05, 4.69) is 5.32 Å². The Bertz CT molecular complexity index is 1080. The molecule has 8 nitrogen and oxygen atoms in total. The first-order valence-electron chi connectivity index (χ1n) is 8.68. The van der Waals surface area contributed by atoms with Crippen LogP contribution < -0.4 is 14.8 Å². The molecule has 1 aliphatic rings. The van der Waals surface area contributed by atoms with Crippen LogP contribution in [-0.4, -0.2) is 47.8 Å². The third kappa shape index (κ3) is 4.92. The number of imide groups is 1. The number of phenols is 1. The molecule has 11 heteroatoms. The van der Waals surface area contributed by atoms with Crippen molar-refractivity contribution in [3.8, 4) is 17.2 Å². The molecule has 1 saturated heterocycles. The number of hydrogen-bond acceptors (Lipinski definition) is 7. The Hall–Kier alpha value is -3.24. The lowest BCUT2D eigenvalue weighted by molar-refractivity contribution is -0.127. The van der Waals surface area contributed by atoms with E-state index >= 15 is 0 Å². The molecule has 1 aliphatic heterocycles. The first-order chi connectivity index (χ1) is 14.7. The molecule has 0 aromatic heterocycles. The van der Waals surface area contributed by atoms with Crippen LogP contribution in [0.5, 0.6) is 17.2 Å². The van der Waals surface area contributed by atoms with Crippen molar-refractivity contribution in [3.05, 3.63) is 51.6 Å². The molecular formula is C20H16ClFN2O6S. The number of carbonyl (C=O) groups is 3. The van der Waals surface area contributed by atoms with Gasteiger partial charge in [0.15, 0.2) is 11.5 Å². The Labute approximate surface area is 185 Å². The van der Waals surface area contributed by atoms with Crippen LogP contribution in [-0.2, 0) is 9.59 Å². The van der Waals surface area contributed by atoms with E-state index in [0.29, 0.717) is 17.3 Å². The van der Waals surface area contributed by atoms with Crippen molar-refractivity contribution in [1.29, 1.82) is 0 Å². The summed E-state index contributed by atoms with van der Waals surface area (Å²) >= 11 is 6.34. The summed E-state index contributed by atoms with van der Waals surface area (Å²) in [7, 11) is 2.72. The van der Waals surface area contributed by atoms with Gasteiger partial charge in [-0.05, 0) is 53.7 Å². The lowest BCUT2D eigenvalue weighted by Gasteiger charge is -2.12. The molecule has 1 heterocycles. The molecule has 2 aromatic carbocycles. The summed E-state index contributed by atoms with van der Waals surface area (Å²) in [6.07, 6.45) is 1.42. The van der Waals surface area contributed by atoms with Crippen LogP contribution in [0.1, 0.15) is 5.56 Å². The van der Waals surface area contributed by atoms with Crippen LogP contribution in [0, 0.1) is 5.82 Å². The Kier molecular flexibility index (Phi) is 6.71. The molecule has 2 aromatic rings. The van der Waals surface area contributed by atoms with Crippen LogP contribution in [0.3, 0.4) is 0 Å². The highest BCUT2D eigenvalue weighted by molar-refractivity contribution is 8.18. The zero-order valence-electron chi connectivity index (χ0n) is 16.3. The van der Waals surface area contributed by atoms with Gasteiger partial charge in [0.25, 0.3) is 11.1 Å². The topological polar surface area (TPSA) is 105 Å². The average molecular weight is 467 g/mol. The number of nitrogens with zero attached hydrogens (tertiary/aromatic N) is 1. The highest BCUT2D eigenvalue weighted by atomic mass is 35.5. The maximum absolute atomic E-state index is 13.2. The van der Waals surface area contributed by atoms with E-state index in [1.165, 1.54) is 44.6 Å². The number of phenolic OH excluding ortho intramolecular Hbond substituents is 1. The third-order valence-corrected chi connectivity index (χ3v) is 5.38. The van der Waals surface area contributed by atoms with Gasteiger partial charge in [-0.25, -0.2) is 4.39 Å². The summed E-state index contributed by atoms with van der Waals surface area (Å²) < 4.78 is 23.4. The third-order valence-electron chi connectivity index (χ3n) is 4.18. The van der Waals surface area contributed by atoms with E-state index in [1.54, 1.807) is 0 Å². The smallest absolute Gasteiger partial charge is 0.294 e. The van der Waals surface area contributed by atoms with Gasteiger partial charge in [0.2, 0.25) is 11.7 Å². The SMILES string of the molecule is COc1cc(/C=C2/SC(=O)N(CC(=O)Nc3ccc(F)c(Cl)c3)C2=O)cc(OC)c1O. The number of aromatic hydroxyl groups is 1. The van der Waals surface area contributed by atoms with E-state index in [4.69, 9.17) is 21.1 Å². The number of nitrogens with one attached hydrogen (secondary N) is 1. The second kappa shape index (κ2) is 9.27. The largest absolute Gasteiger partial charge is 0.502 e. The van der Waals surface area contributed by atoms with Crippen molar-refractivity contribution in [2.45, 2.75) is 0 Å². The number of benzene rings is 2. The van der Waals surface area contributed by atoms with Crippen molar-refractivity contribution >= 4 is 52.2 Å². The van der Waals surface area contributed by atoms with Gasteiger partial charge in [0, 0.05) is 5.69 Å². The average Bonchev–Trinajstić information content (AvgIpc) is 2.99. The van der Waals surface area contributed by atoms with Crippen molar-refractivity contribution in [2.24, 2.45) is 0 Å². The first kappa shape index (κ1) is 22.4. The fourth-order valence-corrected chi connectivity index (χ4v) is 3.72. The number of methoxy groups -OCH3 is 2. The quantitative estimate of drug-likeness (QED) is 0.622. The van der Waals surface area contributed by atoms with E-state index in [9.17, 15) is 23.9 Å². The number of hydrogen-bond donors (Lipinski definition) is 2. The number of amides is 3. The highest BCUT2D eigenvalue weighted by Gasteiger charge is 2.36. The van der Waals surface area contributed by atoms with E-state index in [0.717, 1.165) is 11.0 Å². The molecule has 0 aliphatic carbocycles. The second-order valence-electron chi connectivity index (χ2n) is 6.22. The number of ether oxygens (including phenoxy) is 2. The monoisotopic (exact) mass is 466 g/mol. The van der Waals surface area contributed by atoms with Gasteiger partial charge in [0.1, 0.15) is 12.4 Å². The minimum atomic E-state index is -0.659. The molecule has 0 bridgehead atoms. The molecule has 0 spiro atoms. The predicted octanol–water partition coefficient (Wildman–Crippen LogP) is 3.88. The summed E-state index contributed by atoms with van der Waals surface area (Å²) in [5, 5.41) is 11.6. The molecule has 3 rings (SSSR count). The lowest BCUT2D eigenvalue weighted by atomic mass is 10.1. The Morgan fingerprint density at radius 2 is 1.87 bits per heavy atom. The molecule has 0 unspecified atom stereocenters. The standard InChI is InChI=1S/C20H16ClFN2O6S/c1-29-14-5-10(6-15(30-2)18(14)26)7-16-19(27)24(20(28)31-16)9-17(25)23-11-3-4-13(22)12(21)8-11/h3-8,26H,9H2,1-2H3,(H,23,25)/b16-7+. The van der Waals surface area contributed by atoms with Gasteiger partial charge in [-0.1, -0.05) is 11.6 Å². The van der Waals surface area contributed by atoms with E-state index < -0.39 is 29.4 Å². The van der Waals surface area contributed by atoms with E-state index in [1.807, 2.05) is 0 Å². The first-order valence-corrected chi connectivity index (χ1v) is 9.88. The molecule has 1 fully saturated rings. The number of anilines is 1. The van der Waals surface area contributed by atoms with E-state index in [-0.39, 0.29) is 32.9 Å².